The molecular weight excluding hydrogens is 224 g/mol. The Bertz CT molecular complexity index is 367. The van der Waals surface area contributed by atoms with Crippen LogP contribution in [-0.2, 0) is 11.4 Å². The largest absolute Gasteiger partial charge is 0.306 e. The Morgan fingerprint density at radius 3 is 2.94 bits per heavy atom. The molecule has 18 heavy (non-hydrogen) atoms. The highest BCUT2D eigenvalue weighted by Crippen LogP contribution is 2.30. The lowest BCUT2D eigenvalue weighted by Gasteiger charge is -2.19. The Balaban J connectivity index is 2.10. The van der Waals surface area contributed by atoms with Crippen LogP contribution >= 0.6 is 0 Å². The molecule has 1 aromatic rings. The molecule has 1 atom stereocenters. The van der Waals surface area contributed by atoms with Crippen molar-refractivity contribution >= 4 is 0 Å². The average molecular weight is 248 g/mol. The van der Waals surface area contributed by atoms with Crippen LogP contribution in [-0.4, -0.2) is 32.1 Å². The zero-order valence-electron chi connectivity index (χ0n) is 11.5. The van der Waals surface area contributed by atoms with Crippen LogP contribution in [0.2, 0.25) is 0 Å². The first kappa shape index (κ1) is 13.5. The predicted octanol–water partition coefficient (Wildman–Crippen LogP) is 2.54. The van der Waals surface area contributed by atoms with Crippen LogP contribution in [0.1, 0.15) is 36.3 Å². The molecule has 1 fully saturated rings. The highest BCUT2D eigenvalue weighted by atomic mass is 16.6. The molecule has 1 heterocycles. The maximum absolute atomic E-state index is 4.97. The Labute approximate surface area is 110 Å². The molecule has 0 radical (unpaired) electrons. The smallest absolute Gasteiger partial charge is 0.0572 e. The van der Waals surface area contributed by atoms with Crippen molar-refractivity contribution in [2.75, 3.05) is 27.2 Å². The van der Waals surface area contributed by atoms with Crippen LogP contribution in [0.25, 0.3) is 0 Å². The van der Waals surface area contributed by atoms with Gasteiger partial charge in [-0.15, -0.1) is 0 Å². The molecule has 0 spiro atoms. The van der Waals surface area contributed by atoms with Gasteiger partial charge in [-0.25, -0.2) is 0 Å². The lowest BCUT2D eigenvalue weighted by atomic mass is 9.88. The third kappa shape index (κ3) is 3.55. The van der Waals surface area contributed by atoms with Crippen molar-refractivity contribution in [2.24, 2.45) is 0 Å². The van der Waals surface area contributed by atoms with Crippen molar-refractivity contribution in [1.29, 1.82) is 0 Å². The summed E-state index contributed by atoms with van der Waals surface area (Å²) in [7, 11) is 3.89. The molecule has 1 saturated heterocycles. The summed E-state index contributed by atoms with van der Waals surface area (Å²) in [6.07, 6.45) is 3.86. The fourth-order valence-electron chi connectivity index (χ4n) is 2.79. The number of hydroxylamine groups is 1. The van der Waals surface area contributed by atoms with E-state index in [2.05, 4.69) is 41.7 Å². The van der Waals surface area contributed by atoms with Gasteiger partial charge in [-0.05, 0) is 56.4 Å². The summed E-state index contributed by atoms with van der Waals surface area (Å²) in [5.74, 6) is 0.699. The summed E-state index contributed by atoms with van der Waals surface area (Å²) in [5, 5.41) is 0. The van der Waals surface area contributed by atoms with E-state index < -0.39 is 0 Å². The lowest BCUT2D eigenvalue weighted by molar-refractivity contribution is 0.0864. The van der Waals surface area contributed by atoms with Crippen LogP contribution in [0.4, 0.5) is 0 Å². The highest BCUT2D eigenvalue weighted by Gasteiger charge is 2.18. The van der Waals surface area contributed by atoms with E-state index in [0.29, 0.717) is 5.92 Å². The topological polar surface area (TPSA) is 24.5 Å². The van der Waals surface area contributed by atoms with E-state index in [0.717, 1.165) is 6.54 Å². The lowest BCUT2D eigenvalue weighted by Crippen LogP contribution is -2.19. The molecule has 0 aliphatic carbocycles. The van der Waals surface area contributed by atoms with Gasteiger partial charge in [0.2, 0.25) is 0 Å². The second-order valence-electron chi connectivity index (χ2n) is 5.16. The third-order valence-corrected chi connectivity index (χ3v) is 3.85. The predicted molar refractivity (Wildman–Crippen MR) is 74.4 cm³/mol. The monoisotopic (exact) mass is 248 g/mol. The van der Waals surface area contributed by atoms with Gasteiger partial charge in [-0.2, -0.15) is 5.48 Å². The number of nitrogens with zero attached hydrogens (tertiary/aromatic N) is 1. The van der Waals surface area contributed by atoms with E-state index in [9.17, 15) is 0 Å². The van der Waals surface area contributed by atoms with Crippen molar-refractivity contribution in [1.82, 2.24) is 10.4 Å². The summed E-state index contributed by atoms with van der Waals surface area (Å²) in [6, 6.07) is 8.75. The van der Waals surface area contributed by atoms with E-state index in [1.807, 2.05) is 0 Å². The van der Waals surface area contributed by atoms with Crippen LogP contribution < -0.4 is 5.48 Å². The van der Waals surface area contributed by atoms with E-state index >= 15 is 0 Å². The molecule has 3 heteroatoms. The molecule has 3 nitrogen and oxygen atoms in total. The standard InChI is InChI=1S/C15H24N2O/c1-17-10-5-7-13(9-11-17)15-8-4-3-6-14(15)12-16-18-2/h3-4,6,8,13,16H,5,7,9-12H2,1-2H3. The normalized spacial score (nSPS) is 21.8. The minimum atomic E-state index is 0.699. The molecule has 0 aromatic heterocycles. The zero-order chi connectivity index (χ0) is 12.8. The SMILES string of the molecule is CONCc1ccccc1C1CCCN(C)CC1. The maximum atomic E-state index is 4.97. The summed E-state index contributed by atoms with van der Waals surface area (Å²) in [6.45, 7) is 3.23. The quantitative estimate of drug-likeness (QED) is 0.829. The Morgan fingerprint density at radius 1 is 1.28 bits per heavy atom. The fourth-order valence-corrected chi connectivity index (χ4v) is 2.79. The van der Waals surface area contributed by atoms with Gasteiger partial charge in [0.1, 0.15) is 0 Å². The molecule has 1 N–H and O–H groups in total. The van der Waals surface area contributed by atoms with Gasteiger partial charge in [0.25, 0.3) is 0 Å². The van der Waals surface area contributed by atoms with Gasteiger partial charge in [0.05, 0.1) is 7.11 Å². The van der Waals surface area contributed by atoms with Crippen molar-refractivity contribution in [3.63, 3.8) is 0 Å². The molecule has 1 aliphatic rings. The molecule has 1 aliphatic heterocycles. The highest BCUT2D eigenvalue weighted by molar-refractivity contribution is 5.30. The molecule has 1 aromatic carbocycles. The molecule has 100 valence electrons. The van der Waals surface area contributed by atoms with Crippen LogP contribution in [0.3, 0.4) is 0 Å². The molecule has 0 amide bonds. The Morgan fingerprint density at radius 2 is 2.11 bits per heavy atom. The average Bonchev–Trinajstić information content (AvgIpc) is 2.61. The van der Waals surface area contributed by atoms with Gasteiger partial charge in [0.15, 0.2) is 0 Å². The summed E-state index contributed by atoms with van der Waals surface area (Å²) >= 11 is 0. The van der Waals surface area contributed by atoms with Crippen LogP contribution in [0, 0.1) is 0 Å². The zero-order valence-corrected chi connectivity index (χ0v) is 11.5. The number of hydrogen-bond acceptors (Lipinski definition) is 3. The fraction of sp³-hybridized carbons (Fsp3) is 0.600. The van der Waals surface area contributed by atoms with E-state index in [4.69, 9.17) is 4.84 Å². The molecular formula is C15H24N2O. The van der Waals surface area contributed by atoms with Crippen LogP contribution in [0.15, 0.2) is 24.3 Å². The number of rotatable bonds is 4. The van der Waals surface area contributed by atoms with E-state index in [-0.39, 0.29) is 0 Å². The van der Waals surface area contributed by atoms with Crippen molar-refractivity contribution in [2.45, 2.75) is 31.7 Å². The third-order valence-electron chi connectivity index (χ3n) is 3.85. The number of nitrogens with one attached hydrogen (secondary N) is 1. The number of likely N-dealkylation sites (tertiary alicyclic amines) is 1. The Kier molecular flexibility index (Phi) is 5.17. The molecule has 0 saturated carbocycles. The van der Waals surface area contributed by atoms with Gasteiger partial charge < -0.3 is 9.74 Å². The van der Waals surface area contributed by atoms with Gasteiger partial charge >= 0.3 is 0 Å². The molecule has 1 unspecified atom stereocenters. The van der Waals surface area contributed by atoms with Crippen molar-refractivity contribution < 1.29 is 4.84 Å². The molecule has 2 rings (SSSR count). The summed E-state index contributed by atoms with van der Waals surface area (Å²) in [5.41, 5.74) is 5.82. The second-order valence-corrected chi connectivity index (χ2v) is 5.16. The number of hydrogen-bond donors (Lipinski definition) is 1. The van der Waals surface area contributed by atoms with Crippen LogP contribution in [0.5, 0.6) is 0 Å². The first-order valence-electron chi connectivity index (χ1n) is 6.83. The van der Waals surface area contributed by atoms with Gasteiger partial charge in [0, 0.05) is 6.54 Å². The minimum Gasteiger partial charge on any atom is -0.306 e. The van der Waals surface area contributed by atoms with Crippen molar-refractivity contribution in [3.8, 4) is 0 Å². The van der Waals surface area contributed by atoms with Gasteiger partial charge in [-0.1, -0.05) is 24.3 Å². The Hall–Kier alpha value is -0.900. The van der Waals surface area contributed by atoms with Gasteiger partial charge in [-0.3, -0.25) is 0 Å². The first-order valence-corrected chi connectivity index (χ1v) is 6.83. The minimum absolute atomic E-state index is 0.699. The maximum Gasteiger partial charge on any atom is 0.0572 e. The van der Waals surface area contributed by atoms with E-state index in [1.54, 1.807) is 7.11 Å². The summed E-state index contributed by atoms with van der Waals surface area (Å²) < 4.78 is 0. The summed E-state index contributed by atoms with van der Waals surface area (Å²) in [4.78, 5) is 7.41. The van der Waals surface area contributed by atoms with Crippen molar-refractivity contribution in [3.05, 3.63) is 35.4 Å². The first-order chi connectivity index (χ1) is 8.81. The second kappa shape index (κ2) is 6.88. The molecule has 0 bridgehead atoms. The number of benzene rings is 1. The van der Waals surface area contributed by atoms with E-state index in [1.165, 1.54) is 43.5 Å².